The maximum absolute atomic E-state index is 12.2. The number of hydrogen-bond acceptors (Lipinski definition) is 4. The average molecular weight is 252 g/mol. The standard InChI is InChI=1S/C14H20O4/c1-8-5-9(15)14(18)11(4)7-12(16,13(8,14)17)6-10(11,2)3/h5,16-18H,6-7H2,1-4H3. The predicted molar refractivity (Wildman–Crippen MR) is 64.7 cm³/mol. The van der Waals surface area contributed by atoms with Gasteiger partial charge >= 0.3 is 0 Å². The van der Waals surface area contributed by atoms with Gasteiger partial charge in [0, 0.05) is 5.41 Å². The van der Waals surface area contributed by atoms with E-state index >= 15 is 0 Å². The van der Waals surface area contributed by atoms with Crippen LogP contribution >= 0.6 is 0 Å². The lowest BCUT2D eigenvalue weighted by molar-refractivity contribution is -0.237. The van der Waals surface area contributed by atoms with E-state index in [4.69, 9.17) is 0 Å². The second-order valence-corrected chi connectivity index (χ2v) is 7.21. The second-order valence-electron chi connectivity index (χ2n) is 7.21. The van der Waals surface area contributed by atoms with Crippen molar-refractivity contribution in [2.45, 2.75) is 57.3 Å². The maximum atomic E-state index is 12.2. The Kier molecular flexibility index (Phi) is 1.78. The molecule has 0 aromatic carbocycles. The van der Waals surface area contributed by atoms with Gasteiger partial charge in [-0.2, -0.15) is 0 Å². The molecule has 0 spiro atoms. The zero-order valence-electron chi connectivity index (χ0n) is 11.2. The molecule has 3 N–H and O–H groups in total. The summed E-state index contributed by atoms with van der Waals surface area (Å²) in [6.45, 7) is 7.27. The Morgan fingerprint density at radius 1 is 1.06 bits per heavy atom. The smallest absolute Gasteiger partial charge is 0.191 e. The van der Waals surface area contributed by atoms with Gasteiger partial charge in [-0.05, 0) is 36.8 Å². The molecule has 3 rings (SSSR count). The molecular weight excluding hydrogens is 232 g/mol. The number of carbonyl (C=O) groups excluding carboxylic acids is 1. The van der Waals surface area contributed by atoms with Gasteiger partial charge in [-0.3, -0.25) is 4.79 Å². The summed E-state index contributed by atoms with van der Waals surface area (Å²) in [6.07, 6.45) is 1.91. The Balaban J connectivity index is 2.35. The van der Waals surface area contributed by atoms with Gasteiger partial charge in [-0.15, -0.1) is 0 Å². The SMILES string of the molecule is CC1=CC(=O)C2(O)C3(C)CC(O)(CC3(C)C)C12O. The molecule has 4 heteroatoms. The first kappa shape index (κ1) is 12.3. The van der Waals surface area contributed by atoms with Crippen LogP contribution in [0.15, 0.2) is 11.6 Å². The van der Waals surface area contributed by atoms with Gasteiger partial charge in [0.05, 0.1) is 0 Å². The predicted octanol–water partition coefficient (Wildman–Crippen LogP) is 0.549. The van der Waals surface area contributed by atoms with Gasteiger partial charge < -0.3 is 15.3 Å². The number of fused-ring (bicyclic) bond motifs is 5. The van der Waals surface area contributed by atoms with Crippen molar-refractivity contribution in [3.05, 3.63) is 11.6 Å². The lowest BCUT2D eigenvalue weighted by Crippen LogP contribution is -2.71. The molecule has 18 heavy (non-hydrogen) atoms. The Labute approximate surface area is 106 Å². The summed E-state index contributed by atoms with van der Waals surface area (Å²) in [5.74, 6) is -0.478. The molecule has 4 unspecified atom stereocenters. The lowest BCUT2D eigenvalue weighted by Gasteiger charge is -2.55. The van der Waals surface area contributed by atoms with Crippen LogP contribution < -0.4 is 0 Å². The summed E-state index contributed by atoms with van der Waals surface area (Å²) in [5, 5.41) is 32.7. The first-order valence-electron chi connectivity index (χ1n) is 6.37. The van der Waals surface area contributed by atoms with Crippen molar-refractivity contribution >= 4 is 5.78 Å². The minimum atomic E-state index is -1.90. The highest BCUT2D eigenvalue weighted by molar-refractivity contribution is 6.04. The minimum absolute atomic E-state index is 0.247. The molecule has 0 radical (unpaired) electrons. The first-order chi connectivity index (χ1) is 7.96. The number of hydrogen-bond donors (Lipinski definition) is 3. The minimum Gasteiger partial charge on any atom is -0.386 e. The zero-order valence-corrected chi connectivity index (χ0v) is 11.2. The van der Waals surface area contributed by atoms with Crippen LogP contribution in [-0.2, 0) is 4.79 Å². The molecule has 0 aromatic rings. The van der Waals surface area contributed by atoms with Gasteiger partial charge in [0.1, 0.15) is 5.60 Å². The van der Waals surface area contributed by atoms with Crippen molar-refractivity contribution in [2.24, 2.45) is 10.8 Å². The second kappa shape index (κ2) is 2.60. The molecule has 4 atom stereocenters. The Morgan fingerprint density at radius 2 is 1.61 bits per heavy atom. The van der Waals surface area contributed by atoms with Crippen LogP contribution in [0.25, 0.3) is 0 Å². The molecule has 2 saturated carbocycles. The Bertz CT molecular complexity index is 508. The van der Waals surface area contributed by atoms with Gasteiger partial charge in [0.15, 0.2) is 17.0 Å². The highest BCUT2D eigenvalue weighted by Gasteiger charge is 2.87. The van der Waals surface area contributed by atoms with E-state index in [1.54, 1.807) is 13.8 Å². The van der Waals surface area contributed by atoms with Crippen LogP contribution in [0.2, 0.25) is 0 Å². The molecular formula is C14H20O4. The molecule has 100 valence electrons. The summed E-state index contributed by atoms with van der Waals surface area (Å²) in [6, 6.07) is 0. The number of rotatable bonds is 0. The quantitative estimate of drug-likeness (QED) is 0.588. The molecule has 3 aliphatic rings. The van der Waals surface area contributed by atoms with E-state index in [-0.39, 0.29) is 6.42 Å². The molecule has 0 amide bonds. The van der Waals surface area contributed by atoms with E-state index in [2.05, 4.69) is 0 Å². The van der Waals surface area contributed by atoms with Gasteiger partial charge in [-0.25, -0.2) is 0 Å². The molecule has 2 bridgehead atoms. The van der Waals surface area contributed by atoms with Crippen molar-refractivity contribution in [3.63, 3.8) is 0 Å². The largest absolute Gasteiger partial charge is 0.386 e. The van der Waals surface area contributed by atoms with Gasteiger partial charge in [0.2, 0.25) is 0 Å². The maximum Gasteiger partial charge on any atom is 0.191 e. The van der Waals surface area contributed by atoms with Crippen LogP contribution in [0.3, 0.4) is 0 Å². The summed E-state index contributed by atoms with van der Waals surface area (Å²) in [5.41, 5.74) is -6.02. The molecule has 3 aliphatic carbocycles. The third kappa shape index (κ3) is 0.779. The van der Waals surface area contributed by atoms with E-state index in [1.807, 2.05) is 13.8 Å². The number of ketones is 1. The van der Waals surface area contributed by atoms with Crippen LogP contribution in [0.5, 0.6) is 0 Å². The summed E-state index contributed by atoms with van der Waals surface area (Å²) < 4.78 is 0. The van der Waals surface area contributed by atoms with Crippen molar-refractivity contribution in [2.75, 3.05) is 0 Å². The number of aliphatic hydroxyl groups is 3. The molecule has 4 nitrogen and oxygen atoms in total. The fourth-order valence-electron chi connectivity index (χ4n) is 4.93. The van der Waals surface area contributed by atoms with Crippen LogP contribution in [0, 0.1) is 10.8 Å². The number of carbonyl (C=O) groups is 1. The topological polar surface area (TPSA) is 77.8 Å². The van der Waals surface area contributed by atoms with E-state index in [0.29, 0.717) is 12.0 Å². The Morgan fingerprint density at radius 3 is 2.17 bits per heavy atom. The third-order valence-corrected chi connectivity index (χ3v) is 6.14. The molecule has 0 saturated heterocycles. The first-order valence-corrected chi connectivity index (χ1v) is 6.37. The normalized spacial score (nSPS) is 56.8. The molecule has 0 aliphatic heterocycles. The van der Waals surface area contributed by atoms with Crippen LogP contribution in [0.1, 0.15) is 40.5 Å². The third-order valence-electron chi connectivity index (χ3n) is 6.14. The molecule has 0 heterocycles. The lowest BCUT2D eigenvalue weighted by atomic mass is 9.53. The van der Waals surface area contributed by atoms with Crippen molar-refractivity contribution in [1.82, 2.24) is 0 Å². The van der Waals surface area contributed by atoms with Crippen molar-refractivity contribution in [1.29, 1.82) is 0 Å². The average Bonchev–Trinajstić information content (AvgIpc) is 2.58. The molecule has 0 aromatic heterocycles. The fourth-order valence-corrected chi connectivity index (χ4v) is 4.93. The summed E-state index contributed by atoms with van der Waals surface area (Å²) in [7, 11) is 0. The van der Waals surface area contributed by atoms with E-state index < -0.39 is 33.4 Å². The van der Waals surface area contributed by atoms with Crippen LogP contribution in [0.4, 0.5) is 0 Å². The highest BCUT2D eigenvalue weighted by Crippen LogP contribution is 2.75. The van der Waals surface area contributed by atoms with Crippen molar-refractivity contribution in [3.8, 4) is 0 Å². The van der Waals surface area contributed by atoms with Crippen LogP contribution in [-0.4, -0.2) is 37.9 Å². The zero-order chi connectivity index (χ0) is 13.8. The summed E-state index contributed by atoms with van der Waals surface area (Å²) in [4.78, 5) is 12.2. The van der Waals surface area contributed by atoms with Crippen molar-refractivity contribution < 1.29 is 20.1 Å². The van der Waals surface area contributed by atoms with Gasteiger partial charge in [0.25, 0.3) is 0 Å². The van der Waals surface area contributed by atoms with E-state index in [9.17, 15) is 20.1 Å². The fraction of sp³-hybridized carbons (Fsp3) is 0.786. The summed E-state index contributed by atoms with van der Waals surface area (Å²) >= 11 is 0. The molecule has 2 fully saturated rings. The van der Waals surface area contributed by atoms with E-state index in [0.717, 1.165) is 0 Å². The highest BCUT2D eigenvalue weighted by atomic mass is 16.4. The monoisotopic (exact) mass is 252 g/mol. The van der Waals surface area contributed by atoms with E-state index in [1.165, 1.54) is 6.08 Å². The van der Waals surface area contributed by atoms with Gasteiger partial charge in [-0.1, -0.05) is 20.8 Å². The Hall–Kier alpha value is -0.710.